The van der Waals surface area contributed by atoms with Gasteiger partial charge in [0.05, 0.1) is 15.5 Å². The summed E-state index contributed by atoms with van der Waals surface area (Å²) in [6.45, 7) is 3.50. The molecule has 14 heavy (non-hydrogen) atoms. The summed E-state index contributed by atoms with van der Waals surface area (Å²) in [5.74, 6) is 0.199. The van der Waals surface area contributed by atoms with E-state index in [0.29, 0.717) is 4.90 Å². The van der Waals surface area contributed by atoms with Crippen LogP contribution in [0.5, 0.6) is 0 Å². The molecule has 1 atom stereocenters. The van der Waals surface area contributed by atoms with Crippen molar-refractivity contribution in [3.05, 3.63) is 43.0 Å². The monoisotopic (exact) mass is 206 g/mol. The van der Waals surface area contributed by atoms with E-state index in [2.05, 4.69) is 10.9 Å². The Kier molecular flexibility index (Phi) is 3.43. The summed E-state index contributed by atoms with van der Waals surface area (Å²) in [6, 6.07) is 8.76. The van der Waals surface area contributed by atoms with E-state index in [0.717, 1.165) is 0 Å². The first-order chi connectivity index (χ1) is 6.73. The van der Waals surface area contributed by atoms with Crippen LogP contribution in [0.25, 0.3) is 0 Å². The predicted octanol–water partition coefficient (Wildman–Crippen LogP) is 2.18. The lowest BCUT2D eigenvalue weighted by Crippen LogP contribution is -2.03. The van der Waals surface area contributed by atoms with Crippen LogP contribution in [-0.4, -0.2) is 9.96 Å². The Balaban J connectivity index is 3.29. The predicted molar refractivity (Wildman–Crippen MR) is 56.0 cm³/mol. The highest BCUT2D eigenvalue weighted by molar-refractivity contribution is 7.93. The largest absolute Gasteiger partial charge is 0.243 e. The van der Waals surface area contributed by atoms with E-state index >= 15 is 0 Å². The quantitative estimate of drug-likeness (QED) is 0.562. The van der Waals surface area contributed by atoms with E-state index in [9.17, 15) is 4.21 Å². The lowest BCUT2D eigenvalue weighted by molar-refractivity contribution is 0.679. The third-order valence-electron chi connectivity index (χ3n) is 1.64. The van der Waals surface area contributed by atoms with E-state index < -0.39 is 9.73 Å². The molecule has 1 unspecified atom stereocenters. The fourth-order valence-electron chi connectivity index (χ4n) is 1.05. The highest BCUT2D eigenvalue weighted by Gasteiger charge is 2.09. The smallest absolute Gasteiger partial charge is 0.214 e. The van der Waals surface area contributed by atoms with Gasteiger partial charge in [-0.25, -0.2) is 4.21 Å². The fraction of sp³-hybridized carbons (Fsp3) is 0.100. The molecule has 0 heterocycles. The van der Waals surface area contributed by atoms with Gasteiger partial charge >= 0.3 is 0 Å². The minimum absolute atomic E-state index is 0.199. The van der Waals surface area contributed by atoms with Crippen molar-refractivity contribution >= 4 is 9.73 Å². The Morgan fingerprint density at radius 3 is 2.64 bits per heavy atom. The number of nitrogens with zero attached hydrogens (tertiary/aromatic N) is 2. The van der Waals surface area contributed by atoms with Gasteiger partial charge in [0.1, 0.15) is 0 Å². The molecule has 0 radical (unpaired) electrons. The summed E-state index contributed by atoms with van der Waals surface area (Å²) in [6.07, 6.45) is 3.10. The minimum atomic E-state index is -2.62. The molecule has 0 N–H and O–H groups in total. The van der Waals surface area contributed by atoms with E-state index in [1.165, 1.54) is 6.08 Å². The average molecular weight is 206 g/mol. The van der Waals surface area contributed by atoms with Crippen molar-refractivity contribution in [2.24, 2.45) is 4.36 Å². The number of hydrogen-bond donors (Lipinski definition) is 0. The first-order valence-electron chi connectivity index (χ1n) is 4.02. The van der Waals surface area contributed by atoms with Gasteiger partial charge in [-0.1, -0.05) is 24.3 Å². The van der Waals surface area contributed by atoms with Crippen LogP contribution in [0.4, 0.5) is 0 Å². The summed E-state index contributed by atoms with van der Waals surface area (Å²) in [5.41, 5.74) is 0. The second kappa shape index (κ2) is 4.58. The lowest BCUT2D eigenvalue weighted by atomic mass is 10.4. The molecule has 0 aromatic heterocycles. The van der Waals surface area contributed by atoms with Crippen LogP contribution in [0.15, 0.2) is 52.2 Å². The van der Waals surface area contributed by atoms with Crippen LogP contribution in [0.3, 0.4) is 0 Å². The first-order valence-corrected chi connectivity index (χ1v) is 5.70. The molecule has 0 aliphatic carbocycles. The summed E-state index contributed by atoms with van der Waals surface area (Å²) in [5, 5.41) is 8.46. The maximum Gasteiger partial charge on any atom is 0.214 e. The second-order valence-corrected chi connectivity index (χ2v) is 4.87. The average Bonchev–Trinajstić information content (AvgIpc) is 2.20. The molecule has 4 heteroatoms. The van der Waals surface area contributed by atoms with Crippen molar-refractivity contribution < 1.29 is 4.21 Å². The van der Waals surface area contributed by atoms with Gasteiger partial charge in [0.25, 0.3) is 0 Å². The molecule has 0 aliphatic rings. The lowest BCUT2D eigenvalue weighted by Gasteiger charge is -2.04. The number of benzene rings is 1. The fourth-order valence-corrected chi connectivity index (χ4v) is 2.45. The summed E-state index contributed by atoms with van der Waals surface area (Å²) in [4.78, 5) is 0.571. The second-order valence-electron chi connectivity index (χ2n) is 2.60. The summed E-state index contributed by atoms with van der Waals surface area (Å²) in [7, 11) is -2.62. The molecule has 0 fully saturated rings. The van der Waals surface area contributed by atoms with Crippen molar-refractivity contribution in [2.75, 3.05) is 5.75 Å². The van der Waals surface area contributed by atoms with Gasteiger partial charge in [0.15, 0.2) is 0 Å². The Morgan fingerprint density at radius 2 is 2.14 bits per heavy atom. The zero-order valence-corrected chi connectivity index (χ0v) is 8.41. The molecule has 0 bridgehead atoms. The molecule has 3 nitrogen and oxygen atoms in total. The number of hydrogen-bond acceptors (Lipinski definition) is 3. The zero-order chi connectivity index (χ0) is 10.4. The Bertz CT molecular complexity index is 465. The Labute approximate surface area is 83.9 Å². The topological polar surface area (TPSA) is 53.2 Å². The van der Waals surface area contributed by atoms with Crippen molar-refractivity contribution in [3.8, 4) is 6.19 Å². The highest BCUT2D eigenvalue weighted by Crippen LogP contribution is 2.13. The van der Waals surface area contributed by atoms with Crippen LogP contribution in [0.1, 0.15) is 0 Å². The molecule has 0 spiro atoms. The van der Waals surface area contributed by atoms with E-state index in [1.807, 2.05) is 6.07 Å². The van der Waals surface area contributed by atoms with Gasteiger partial charge in [0, 0.05) is 4.90 Å². The van der Waals surface area contributed by atoms with Crippen molar-refractivity contribution in [1.82, 2.24) is 0 Å². The summed E-state index contributed by atoms with van der Waals surface area (Å²) < 4.78 is 15.6. The molecule has 1 rings (SSSR count). The van der Waals surface area contributed by atoms with Crippen LogP contribution in [0, 0.1) is 11.5 Å². The molecule has 0 aliphatic heterocycles. The third-order valence-corrected chi connectivity index (χ3v) is 3.72. The Morgan fingerprint density at radius 1 is 1.50 bits per heavy atom. The van der Waals surface area contributed by atoms with Crippen LogP contribution in [0.2, 0.25) is 0 Å². The molecular weight excluding hydrogens is 196 g/mol. The van der Waals surface area contributed by atoms with Crippen LogP contribution >= 0.6 is 0 Å². The van der Waals surface area contributed by atoms with Crippen molar-refractivity contribution in [1.29, 1.82) is 5.26 Å². The molecule has 1 aromatic rings. The van der Waals surface area contributed by atoms with Gasteiger partial charge < -0.3 is 0 Å². The normalized spacial score (nSPS) is 13.6. The number of rotatable bonds is 3. The van der Waals surface area contributed by atoms with Gasteiger partial charge in [0.2, 0.25) is 6.19 Å². The van der Waals surface area contributed by atoms with Gasteiger partial charge in [-0.05, 0) is 12.1 Å². The standard InChI is InChI=1S/C10H10N2OS/c1-2-8-14(13,12-9-11)10-6-4-3-5-7-10/h2-7H,1,8H2. The minimum Gasteiger partial charge on any atom is -0.243 e. The highest BCUT2D eigenvalue weighted by atomic mass is 32.2. The maximum absolute atomic E-state index is 12.1. The van der Waals surface area contributed by atoms with Gasteiger partial charge in [-0.3, -0.25) is 0 Å². The van der Waals surface area contributed by atoms with Gasteiger partial charge in [-0.15, -0.1) is 10.9 Å². The molecule has 1 aromatic carbocycles. The van der Waals surface area contributed by atoms with E-state index in [4.69, 9.17) is 5.26 Å². The Hall–Kier alpha value is -1.60. The first kappa shape index (κ1) is 10.5. The molecule has 0 saturated carbocycles. The molecule has 0 saturated heterocycles. The maximum atomic E-state index is 12.1. The SMILES string of the molecule is C=CCS(=O)(=NC#N)c1ccccc1. The van der Waals surface area contributed by atoms with Gasteiger partial charge in [-0.2, -0.15) is 5.26 Å². The summed E-state index contributed by atoms with van der Waals surface area (Å²) >= 11 is 0. The molecular formula is C10H10N2OS. The van der Waals surface area contributed by atoms with Crippen molar-refractivity contribution in [2.45, 2.75) is 4.90 Å². The number of nitriles is 1. The van der Waals surface area contributed by atoms with E-state index in [-0.39, 0.29) is 5.75 Å². The van der Waals surface area contributed by atoms with Crippen LogP contribution in [-0.2, 0) is 9.73 Å². The van der Waals surface area contributed by atoms with Crippen molar-refractivity contribution in [3.63, 3.8) is 0 Å². The molecule has 0 amide bonds. The third kappa shape index (κ3) is 2.21. The van der Waals surface area contributed by atoms with E-state index in [1.54, 1.807) is 30.5 Å². The molecule has 72 valence electrons. The zero-order valence-electron chi connectivity index (χ0n) is 7.59. The van der Waals surface area contributed by atoms with Crippen LogP contribution < -0.4 is 0 Å².